The van der Waals surface area contributed by atoms with Crippen molar-refractivity contribution >= 4 is 5.91 Å². The van der Waals surface area contributed by atoms with Crippen LogP contribution in [0.25, 0.3) is 0 Å². The van der Waals surface area contributed by atoms with Crippen molar-refractivity contribution in [2.24, 2.45) is 0 Å². The van der Waals surface area contributed by atoms with Crippen LogP contribution in [0, 0.1) is 6.92 Å². The second kappa shape index (κ2) is 5.35. The van der Waals surface area contributed by atoms with Crippen molar-refractivity contribution in [1.82, 2.24) is 14.7 Å². The largest absolute Gasteiger partial charge is 0.394 e. The molecule has 1 N–H and O–H groups in total. The van der Waals surface area contributed by atoms with E-state index >= 15 is 0 Å². The third-order valence-corrected chi connectivity index (χ3v) is 3.28. The molecule has 1 atom stereocenters. The van der Waals surface area contributed by atoms with Crippen molar-refractivity contribution in [3.05, 3.63) is 29.6 Å². The highest BCUT2D eigenvalue weighted by Crippen LogP contribution is 2.17. The molecule has 5 nitrogen and oxygen atoms in total. The number of rotatable bonds is 4. The van der Waals surface area contributed by atoms with Gasteiger partial charge in [0.25, 0.3) is 5.91 Å². The van der Waals surface area contributed by atoms with E-state index in [1.54, 1.807) is 11.1 Å². The molecule has 1 aliphatic rings. The smallest absolute Gasteiger partial charge is 0.258 e. The Balaban J connectivity index is 2.19. The monoisotopic (exact) mass is 249 g/mol. The van der Waals surface area contributed by atoms with Crippen molar-refractivity contribution < 1.29 is 9.90 Å². The van der Waals surface area contributed by atoms with Gasteiger partial charge in [-0.1, -0.05) is 19.1 Å². The van der Waals surface area contributed by atoms with E-state index in [1.165, 1.54) is 0 Å². The maximum atomic E-state index is 12.4. The van der Waals surface area contributed by atoms with Gasteiger partial charge in [-0.15, -0.1) is 0 Å². The summed E-state index contributed by atoms with van der Waals surface area (Å²) in [7, 11) is 0. The number of aromatic nitrogens is 2. The number of hydrogen-bond acceptors (Lipinski definition) is 3. The lowest BCUT2D eigenvalue weighted by Gasteiger charge is -2.22. The van der Waals surface area contributed by atoms with Crippen LogP contribution in [0.2, 0.25) is 0 Å². The van der Waals surface area contributed by atoms with E-state index in [4.69, 9.17) is 0 Å². The number of aryl methyl sites for hydroxylation is 1. The van der Waals surface area contributed by atoms with Crippen LogP contribution in [0.4, 0.5) is 0 Å². The second-order valence-corrected chi connectivity index (χ2v) is 4.50. The zero-order valence-electron chi connectivity index (χ0n) is 10.8. The molecule has 18 heavy (non-hydrogen) atoms. The molecule has 0 aromatic carbocycles. The highest BCUT2D eigenvalue weighted by Gasteiger charge is 2.27. The van der Waals surface area contributed by atoms with Crippen LogP contribution in [0.15, 0.2) is 18.3 Å². The Kier molecular flexibility index (Phi) is 3.81. The van der Waals surface area contributed by atoms with Crippen molar-refractivity contribution in [3.8, 4) is 0 Å². The van der Waals surface area contributed by atoms with Gasteiger partial charge in [-0.3, -0.25) is 9.48 Å². The highest BCUT2D eigenvalue weighted by atomic mass is 16.3. The topological polar surface area (TPSA) is 58.4 Å². The Morgan fingerprint density at radius 2 is 2.39 bits per heavy atom. The van der Waals surface area contributed by atoms with E-state index in [2.05, 4.69) is 12.0 Å². The van der Waals surface area contributed by atoms with E-state index in [9.17, 15) is 9.90 Å². The SMILES string of the molecule is CCCn1ncc(C(=O)N2CC=C[C@@H]2CO)c1C. The highest BCUT2D eigenvalue weighted by molar-refractivity contribution is 5.95. The van der Waals surface area contributed by atoms with Crippen molar-refractivity contribution in [1.29, 1.82) is 0 Å². The molecule has 0 saturated heterocycles. The van der Waals surface area contributed by atoms with Crippen LogP contribution >= 0.6 is 0 Å². The average molecular weight is 249 g/mol. The normalized spacial score (nSPS) is 18.6. The minimum Gasteiger partial charge on any atom is -0.394 e. The fourth-order valence-electron chi connectivity index (χ4n) is 2.21. The summed E-state index contributed by atoms with van der Waals surface area (Å²) in [6.45, 7) is 5.33. The molecule has 0 saturated carbocycles. The predicted octanol–water partition coefficient (Wildman–Crippen LogP) is 0.974. The molecule has 1 aliphatic heterocycles. The molecule has 1 aromatic rings. The number of aliphatic hydroxyl groups excluding tert-OH is 1. The van der Waals surface area contributed by atoms with Gasteiger partial charge >= 0.3 is 0 Å². The Labute approximate surface area is 107 Å². The summed E-state index contributed by atoms with van der Waals surface area (Å²) < 4.78 is 1.85. The Morgan fingerprint density at radius 3 is 3.06 bits per heavy atom. The van der Waals surface area contributed by atoms with E-state index in [1.807, 2.05) is 23.8 Å². The van der Waals surface area contributed by atoms with Crippen LogP contribution in [-0.2, 0) is 6.54 Å². The molecule has 0 spiro atoms. The first kappa shape index (κ1) is 12.8. The van der Waals surface area contributed by atoms with Gasteiger partial charge in [0.15, 0.2) is 0 Å². The Morgan fingerprint density at radius 1 is 1.61 bits per heavy atom. The lowest BCUT2D eigenvalue weighted by molar-refractivity contribution is 0.0699. The van der Waals surface area contributed by atoms with Gasteiger partial charge < -0.3 is 10.0 Å². The van der Waals surface area contributed by atoms with Crippen molar-refractivity contribution in [3.63, 3.8) is 0 Å². The van der Waals surface area contributed by atoms with Crippen LogP contribution in [0.1, 0.15) is 29.4 Å². The molecule has 1 amide bonds. The first-order valence-corrected chi connectivity index (χ1v) is 6.30. The number of carbonyl (C=O) groups is 1. The van der Waals surface area contributed by atoms with Gasteiger partial charge in [-0.25, -0.2) is 0 Å². The van der Waals surface area contributed by atoms with Gasteiger partial charge in [-0.05, 0) is 13.3 Å². The number of hydrogen-bond donors (Lipinski definition) is 1. The van der Waals surface area contributed by atoms with Crippen LogP contribution in [0.5, 0.6) is 0 Å². The fourth-order valence-corrected chi connectivity index (χ4v) is 2.21. The summed E-state index contributed by atoms with van der Waals surface area (Å²) in [6, 6.07) is -0.202. The zero-order chi connectivity index (χ0) is 13.1. The van der Waals surface area contributed by atoms with Gasteiger partial charge in [0.05, 0.1) is 24.4 Å². The third-order valence-electron chi connectivity index (χ3n) is 3.28. The number of nitrogens with zero attached hydrogens (tertiary/aromatic N) is 3. The van der Waals surface area contributed by atoms with E-state index in [-0.39, 0.29) is 18.6 Å². The van der Waals surface area contributed by atoms with Crippen molar-refractivity contribution in [2.45, 2.75) is 32.9 Å². The molecule has 0 bridgehead atoms. The van der Waals surface area contributed by atoms with Gasteiger partial charge in [-0.2, -0.15) is 5.10 Å². The molecule has 0 aliphatic carbocycles. The predicted molar refractivity (Wildman–Crippen MR) is 68.3 cm³/mol. The van der Waals surface area contributed by atoms with Gasteiger partial charge in [0.2, 0.25) is 0 Å². The molecule has 0 radical (unpaired) electrons. The first-order chi connectivity index (χ1) is 8.69. The number of amides is 1. The van der Waals surface area contributed by atoms with E-state index in [0.717, 1.165) is 18.7 Å². The average Bonchev–Trinajstić information content (AvgIpc) is 2.97. The maximum absolute atomic E-state index is 12.4. The summed E-state index contributed by atoms with van der Waals surface area (Å²) in [4.78, 5) is 14.0. The lowest BCUT2D eigenvalue weighted by Crippen LogP contribution is -2.38. The Bertz CT molecular complexity index is 465. The molecule has 98 valence electrons. The Hall–Kier alpha value is -1.62. The summed E-state index contributed by atoms with van der Waals surface area (Å²) in [5, 5.41) is 13.5. The van der Waals surface area contributed by atoms with Gasteiger partial charge in [0, 0.05) is 18.8 Å². The molecular formula is C13H19N3O2. The van der Waals surface area contributed by atoms with Crippen molar-refractivity contribution in [2.75, 3.05) is 13.2 Å². The molecule has 1 aromatic heterocycles. The maximum Gasteiger partial charge on any atom is 0.258 e. The van der Waals surface area contributed by atoms with Gasteiger partial charge in [0.1, 0.15) is 0 Å². The molecule has 5 heteroatoms. The van der Waals surface area contributed by atoms with E-state index in [0.29, 0.717) is 12.1 Å². The standard InChI is InChI=1S/C13H19N3O2/c1-3-6-16-10(2)12(8-14-16)13(18)15-7-4-5-11(15)9-17/h4-5,8,11,17H,3,6-7,9H2,1-2H3/t11-/m1/s1. The summed E-state index contributed by atoms with van der Waals surface area (Å²) in [6.07, 6.45) is 6.38. The molecule has 0 unspecified atom stereocenters. The molecule has 0 fully saturated rings. The summed E-state index contributed by atoms with van der Waals surface area (Å²) >= 11 is 0. The van der Waals surface area contributed by atoms with Crippen LogP contribution < -0.4 is 0 Å². The minimum atomic E-state index is -0.202. The number of carbonyl (C=O) groups excluding carboxylic acids is 1. The van der Waals surface area contributed by atoms with Crippen LogP contribution in [-0.4, -0.2) is 44.9 Å². The molecule has 2 heterocycles. The summed E-state index contributed by atoms with van der Waals surface area (Å²) in [5.74, 6) is -0.0566. The number of aliphatic hydroxyl groups is 1. The lowest BCUT2D eigenvalue weighted by atomic mass is 10.2. The minimum absolute atomic E-state index is 0.0373. The first-order valence-electron chi connectivity index (χ1n) is 6.30. The van der Waals surface area contributed by atoms with Crippen LogP contribution in [0.3, 0.4) is 0 Å². The second-order valence-electron chi connectivity index (χ2n) is 4.50. The zero-order valence-corrected chi connectivity index (χ0v) is 10.8. The summed E-state index contributed by atoms with van der Waals surface area (Å²) in [5.41, 5.74) is 1.52. The molecular weight excluding hydrogens is 230 g/mol. The third kappa shape index (κ3) is 2.18. The molecule has 2 rings (SSSR count). The fraction of sp³-hybridized carbons (Fsp3) is 0.538. The van der Waals surface area contributed by atoms with E-state index < -0.39 is 0 Å². The quantitative estimate of drug-likeness (QED) is 0.809.